The van der Waals surface area contributed by atoms with Crippen LogP contribution in [-0.2, 0) is 17.5 Å². The summed E-state index contributed by atoms with van der Waals surface area (Å²) in [5.41, 5.74) is 0.665. The SMILES string of the molecule is C[C@H]1C(=O)N(c2cccc(C(F)(F)F)c2)CCN1Cc1ccccc1. The van der Waals surface area contributed by atoms with Crippen LogP contribution in [0.15, 0.2) is 54.6 Å². The quantitative estimate of drug-likeness (QED) is 0.839. The number of hydrogen-bond donors (Lipinski definition) is 0. The minimum absolute atomic E-state index is 0.179. The number of carbonyl (C=O) groups is 1. The van der Waals surface area contributed by atoms with Crippen LogP contribution in [0.4, 0.5) is 18.9 Å². The molecule has 0 bridgehead atoms. The van der Waals surface area contributed by atoms with Gasteiger partial charge in [0, 0.05) is 25.3 Å². The molecule has 0 spiro atoms. The summed E-state index contributed by atoms with van der Waals surface area (Å²) in [4.78, 5) is 16.2. The molecular weight excluding hydrogens is 329 g/mol. The maximum absolute atomic E-state index is 12.9. The van der Waals surface area contributed by atoms with Crippen LogP contribution in [0.2, 0.25) is 0 Å². The van der Waals surface area contributed by atoms with Crippen molar-refractivity contribution in [2.24, 2.45) is 0 Å². The van der Waals surface area contributed by atoms with Crippen molar-refractivity contribution in [3.63, 3.8) is 0 Å². The maximum atomic E-state index is 12.9. The zero-order valence-electron chi connectivity index (χ0n) is 13.8. The largest absolute Gasteiger partial charge is 0.416 e. The monoisotopic (exact) mass is 348 g/mol. The van der Waals surface area contributed by atoms with Gasteiger partial charge in [0.05, 0.1) is 11.6 Å². The van der Waals surface area contributed by atoms with Gasteiger partial charge < -0.3 is 4.90 Å². The van der Waals surface area contributed by atoms with E-state index in [1.54, 1.807) is 13.0 Å². The summed E-state index contributed by atoms with van der Waals surface area (Å²) in [7, 11) is 0. The fourth-order valence-electron chi connectivity index (χ4n) is 3.05. The molecule has 0 saturated carbocycles. The van der Waals surface area contributed by atoms with Gasteiger partial charge in [0.2, 0.25) is 5.91 Å². The molecule has 3 rings (SSSR count). The minimum Gasteiger partial charge on any atom is -0.310 e. The van der Waals surface area contributed by atoms with Crippen LogP contribution < -0.4 is 4.90 Å². The number of carbonyl (C=O) groups excluding carboxylic acids is 1. The van der Waals surface area contributed by atoms with Gasteiger partial charge in [-0.05, 0) is 30.7 Å². The van der Waals surface area contributed by atoms with E-state index in [1.165, 1.54) is 11.0 Å². The lowest BCUT2D eigenvalue weighted by molar-refractivity contribution is -0.137. The molecule has 1 saturated heterocycles. The van der Waals surface area contributed by atoms with Crippen molar-refractivity contribution in [1.82, 2.24) is 4.90 Å². The highest BCUT2D eigenvalue weighted by atomic mass is 19.4. The molecule has 0 N–H and O–H groups in total. The standard InChI is InChI=1S/C19H19F3N2O/c1-14-18(25)24(17-9-5-8-16(12-17)19(20,21)22)11-10-23(14)13-15-6-3-2-4-7-15/h2-9,12,14H,10-11,13H2,1H3/t14-/m0/s1. The van der Waals surface area contributed by atoms with Crippen LogP contribution in [0.3, 0.4) is 0 Å². The first kappa shape index (κ1) is 17.5. The Morgan fingerprint density at radius 1 is 1.04 bits per heavy atom. The van der Waals surface area contributed by atoms with Crippen LogP contribution in [0.25, 0.3) is 0 Å². The van der Waals surface area contributed by atoms with E-state index in [0.717, 1.165) is 17.7 Å². The highest BCUT2D eigenvalue weighted by molar-refractivity contribution is 5.97. The van der Waals surface area contributed by atoms with Crippen LogP contribution >= 0.6 is 0 Å². The fraction of sp³-hybridized carbons (Fsp3) is 0.316. The van der Waals surface area contributed by atoms with Crippen LogP contribution in [0.1, 0.15) is 18.1 Å². The van der Waals surface area contributed by atoms with E-state index < -0.39 is 11.7 Å². The smallest absolute Gasteiger partial charge is 0.310 e. The normalized spacial score (nSPS) is 19.3. The number of anilines is 1. The molecule has 1 fully saturated rings. The molecule has 2 aromatic rings. The van der Waals surface area contributed by atoms with Crippen LogP contribution in [0.5, 0.6) is 0 Å². The summed E-state index contributed by atoms with van der Waals surface area (Å²) in [5, 5.41) is 0. The average Bonchev–Trinajstić information content (AvgIpc) is 2.59. The van der Waals surface area contributed by atoms with E-state index in [4.69, 9.17) is 0 Å². The molecule has 1 atom stereocenters. The first-order valence-electron chi connectivity index (χ1n) is 8.13. The van der Waals surface area contributed by atoms with Gasteiger partial charge in [0.15, 0.2) is 0 Å². The number of halogens is 3. The van der Waals surface area contributed by atoms with E-state index in [2.05, 4.69) is 0 Å². The summed E-state index contributed by atoms with van der Waals surface area (Å²) in [6.07, 6.45) is -4.42. The average molecular weight is 348 g/mol. The van der Waals surface area contributed by atoms with Crippen molar-refractivity contribution in [1.29, 1.82) is 0 Å². The molecule has 0 aromatic heterocycles. The first-order valence-corrected chi connectivity index (χ1v) is 8.13. The molecule has 132 valence electrons. The Morgan fingerprint density at radius 3 is 2.44 bits per heavy atom. The number of nitrogens with zero attached hydrogens (tertiary/aromatic N) is 2. The van der Waals surface area contributed by atoms with Gasteiger partial charge in [-0.25, -0.2) is 0 Å². The van der Waals surface area contributed by atoms with Gasteiger partial charge >= 0.3 is 6.18 Å². The van der Waals surface area contributed by atoms with Crippen molar-refractivity contribution in [2.45, 2.75) is 25.7 Å². The highest BCUT2D eigenvalue weighted by Gasteiger charge is 2.34. The molecule has 1 aliphatic heterocycles. The van der Waals surface area contributed by atoms with Gasteiger partial charge in [-0.2, -0.15) is 13.2 Å². The number of rotatable bonds is 3. The molecule has 6 heteroatoms. The molecule has 1 heterocycles. The van der Waals surface area contributed by atoms with Gasteiger partial charge in [0.1, 0.15) is 0 Å². The van der Waals surface area contributed by atoms with E-state index >= 15 is 0 Å². The van der Waals surface area contributed by atoms with Crippen molar-refractivity contribution in [2.75, 3.05) is 18.0 Å². The Bertz CT molecular complexity index is 746. The number of alkyl halides is 3. The Hall–Kier alpha value is -2.34. The zero-order valence-corrected chi connectivity index (χ0v) is 13.8. The molecule has 0 aliphatic carbocycles. The summed E-state index contributed by atoms with van der Waals surface area (Å²) in [5.74, 6) is -0.179. The number of piperazine rings is 1. The third kappa shape index (κ3) is 3.85. The number of amides is 1. The summed E-state index contributed by atoms with van der Waals surface area (Å²) in [6.45, 7) is 3.42. The molecule has 2 aromatic carbocycles. The van der Waals surface area contributed by atoms with E-state index in [1.807, 2.05) is 35.2 Å². The van der Waals surface area contributed by atoms with Crippen LogP contribution in [-0.4, -0.2) is 29.9 Å². The molecule has 1 aliphatic rings. The minimum atomic E-state index is -4.42. The fourth-order valence-corrected chi connectivity index (χ4v) is 3.05. The number of benzene rings is 2. The van der Waals surface area contributed by atoms with E-state index in [0.29, 0.717) is 25.3 Å². The van der Waals surface area contributed by atoms with Crippen molar-refractivity contribution >= 4 is 11.6 Å². The predicted octanol–water partition coefficient (Wildman–Crippen LogP) is 3.94. The third-order valence-corrected chi connectivity index (χ3v) is 4.50. The zero-order chi connectivity index (χ0) is 18.0. The second kappa shape index (κ2) is 6.88. The van der Waals surface area contributed by atoms with Crippen molar-refractivity contribution < 1.29 is 18.0 Å². The van der Waals surface area contributed by atoms with E-state index in [9.17, 15) is 18.0 Å². The Kier molecular flexibility index (Phi) is 4.81. The summed E-state index contributed by atoms with van der Waals surface area (Å²) in [6, 6.07) is 14.4. The second-order valence-electron chi connectivity index (χ2n) is 6.17. The number of hydrogen-bond acceptors (Lipinski definition) is 2. The third-order valence-electron chi connectivity index (χ3n) is 4.50. The molecular formula is C19H19F3N2O. The molecule has 25 heavy (non-hydrogen) atoms. The molecule has 0 radical (unpaired) electrons. The summed E-state index contributed by atoms with van der Waals surface area (Å²) >= 11 is 0. The molecule has 0 unspecified atom stereocenters. The predicted molar refractivity (Wildman–Crippen MR) is 90.1 cm³/mol. The van der Waals surface area contributed by atoms with Crippen molar-refractivity contribution in [3.8, 4) is 0 Å². The Morgan fingerprint density at radius 2 is 1.76 bits per heavy atom. The van der Waals surface area contributed by atoms with Gasteiger partial charge in [-0.1, -0.05) is 36.4 Å². The maximum Gasteiger partial charge on any atom is 0.416 e. The molecule has 1 amide bonds. The lowest BCUT2D eigenvalue weighted by atomic mass is 10.1. The second-order valence-corrected chi connectivity index (χ2v) is 6.17. The first-order chi connectivity index (χ1) is 11.9. The van der Waals surface area contributed by atoms with E-state index in [-0.39, 0.29) is 11.9 Å². The lowest BCUT2D eigenvalue weighted by Crippen LogP contribution is -2.55. The Balaban J connectivity index is 1.76. The van der Waals surface area contributed by atoms with Gasteiger partial charge in [-0.3, -0.25) is 9.69 Å². The Labute approximate surface area is 144 Å². The summed E-state index contributed by atoms with van der Waals surface area (Å²) < 4.78 is 38.7. The lowest BCUT2D eigenvalue weighted by Gasteiger charge is -2.39. The molecule has 3 nitrogen and oxygen atoms in total. The van der Waals surface area contributed by atoms with Crippen molar-refractivity contribution in [3.05, 3.63) is 65.7 Å². The van der Waals surface area contributed by atoms with Crippen LogP contribution in [0, 0.1) is 0 Å². The van der Waals surface area contributed by atoms with Gasteiger partial charge in [-0.15, -0.1) is 0 Å². The topological polar surface area (TPSA) is 23.6 Å². The highest BCUT2D eigenvalue weighted by Crippen LogP contribution is 2.32. The van der Waals surface area contributed by atoms with Gasteiger partial charge in [0.25, 0.3) is 0 Å².